The zero-order valence-corrected chi connectivity index (χ0v) is 22.6. The summed E-state index contributed by atoms with van der Waals surface area (Å²) >= 11 is -2.46. The van der Waals surface area contributed by atoms with Crippen molar-refractivity contribution in [1.82, 2.24) is 14.6 Å². The van der Waals surface area contributed by atoms with Crippen molar-refractivity contribution in [3.63, 3.8) is 0 Å². The molecule has 0 aliphatic heterocycles. The third kappa shape index (κ3) is 6.56. The molecule has 2 heterocycles. The van der Waals surface area contributed by atoms with Crippen molar-refractivity contribution in [2.24, 2.45) is 0 Å². The monoisotopic (exact) mass is 538 g/mol. The van der Waals surface area contributed by atoms with E-state index in [0.717, 1.165) is 29.5 Å². The Kier molecular flexibility index (Phi) is 9.09. The number of esters is 1. The summed E-state index contributed by atoms with van der Waals surface area (Å²) < 4.78 is 36.4. The summed E-state index contributed by atoms with van der Waals surface area (Å²) in [6, 6.07) is 9.65. The molecular formula is C28H32N3O6S-. The number of allylic oxidation sites excluding steroid dienone is 1. The first-order valence-electron chi connectivity index (χ1n) is 12.7. The number of hydrogen-bond donors (Lipinski definition) is 1. The molecule has 1 unspecified atom stereocenters. The molecule has 1 aliphatic carbocycles. The minimum atomic E-state index is -2.46. The van der Waals surface area contributed by atoms with Crippen molar-refractivity contribution in [1.29, 1.82) is 0 Å². The number of hydrogen-bond acceptors (Lipinski definition) is 7. The Hall–Kier alpha value is -3.34. The van der Waals surface area contributed by atoms with E-state index in [-0.39, 0.29) is 24.9 Å². The van der Waals surface area contributed by atoms with Gasteiger partial charge >= 0.3 is 5.97 Å². The number of aryl methyl sites for hydroxylation is 1. The predicted molar refractivity (Wildman–Crippen MR) is 144 cm³/mol. The van der Waals surface area contributed by atoms with Crippen molar-refractivity contribution >= 4 is 34.2 Å². The van der Waals surface area contributed by atoms with Crippen LogP contribution in [0.4, 0.5) is 0 Å². The summed E-state index contributed by atoms with van der Waals surface area (Å²) in [6.07, 6.45) is 6.06. The maximum Gasteiger partial charge on any atom is 0.330 e. The van der Waals surface area contributed by atoms with E-state index < -0.39 is 17.2 Å². The van der Waals surface area contributed by atoms with Crippen molar-refractivity contribution < 1.29 is 27.5 Å². The number of unbranched alkanes of at least 4 members (excludes halogenated alkanes) is 1. The highest BCUT2D eigenvalue weighted by Crippen LogP contribution is 2.44. The average molecular weight is 539 g/mol. The van der Waals surface area contributed by atoms with Crippen LogP contribution in [0.25, 0.3) is 22.4 Å². The zero-order valence-electron chi connectivity index (χ0n) is 21.8. The van der Waals surface area contributed by atoms with Crippen LogP contribution in [0.2, 0.25) is 0 Å². The Morgan fingerprint density at radius 2 is 2.03 bits per heavy atom. The third-order valence-corrected chi connectivity index (χ3v) is 7.17. The lowest BCUT2D eigenvalue weighted by molar-refractivity contribution is -0.137. The number of nitrogens with zero attached hydrogens (tertiary/aromatic N) is 2. The van der Waals surface area contributed by atoms with Gasteiger partial charge in [0.25, 0.3) is 5.91 Å². The molecule has 0 spiro atoms. The number of carbonyl (C=O) groups excluding carboxylic acids is 2. The van der Waals surface area contributed by atoms with Gasteiger partial charge < -0.3 is 19.0 Å². The maximum atomic E-state index is 12.9. The van der Waals surface area contributed by atoms with E-state index in [1.807, 2.05) is 37.3 Å². The first-order chi connectivity index (χ1) is 18.3. The second-order valence-corrected chi connectivity index (χ2v) is 10.2. The minimum absolute atomic E-state index is 0.0926. The van der Waals surface area contributed by atoms with E-state index in [4.69, 9.17) is 14.1 Å². The average Bonchev–Trinajstić information content (AvgIpc) is 3.67. The van der Waals surface area contributed by atoms with Crippen LogP contribution in [0.15, 0.2) is 46.9 Å². The number of nitrogens with one attached hydrogen (secondary N) is 1. The Balaban J connectivity index is 1.64. The van der Waals surface area contributed by atoms with Crippen LogP contribution >= 0.6 is 0 Å². The fraction of sp³-hybridized carbons (Fsp3) is 0.393. The highest BCUT2D eigenvalue weighted by atomic mass is 32.2. The number of furan rings is 1. The molecule has 1 atom stereocenters. The van der Waals surface area contributed by atoms with Crippen LogP contribution in [0.5, 0.6) is 0 Å². The summed E-state index contributed by atoms with van der Waals surface area (Å²) in [5.74, 6) is 0.0201. The molecule has 202 valence electrons. The number of aromatic nitrogens is 1. The van der Waals surface area contributed by atoms with E-state index >= 15 is 0 Å². The van der Waals surface area contributed by atoms with Crippen molar-refractivity contribution in [2.75, 3.05) is 20.2 Å². The quantitative estimate of drug-likeness (QED) is 0.155. The largest absolute Gasteiger partial charge is 0.760 e. The lowest BCUT2D eigenvalue weighted by atomic mass is 10.0. The van der Waals surface area contributed by atoms with Gasteiger partial charge in [-0.05, 0) is 57.1 Å². The summed E-state index contributed by atoms with van der Waals surface area (Å²) in [7, 11) is 1.58. The number of rotatable bonds is 12. The SMILES string of the molecule is CCOC(=O)C=CCCCN(Cc1nc2oc(-c3ccc(C)cc3)c(C(=O)NC)c2cc1C1CC1)S(=O)[O-]. The molecule has 1 fully saturated rings. The van der Waals surface area contributed by atoms with Crippen LogP contribution < -0.4 is 5.32 Å². The van der Waals surface area contributed by atoms with Gasteiger partial charge in [0, 0.05) is 36.5 Å². The Labute approximate surface area is 224 Å². The molecule has 10 heteroatoms. The minimum Gasteiger partial charge on any atom is -0.760 e. The third-order valence-electron chi connectivity index (χ3n) is 6.44. The molecule has 2 aromatic heterocycles. The summed E-state index contributed by atoms with van der Waals surface area (Å²) in [6.45, 7) is 4.39. The second-order valence-electron chi connectivity index (χ2n) is 9.28. The van der Waals surface area contributed by atoms with Gasteiger partial charge in [0.15, 0.2) is 0 Å². The topological polar surface area (TPSA) is 125 Å². The van der Waals surface area contributed by atoms with Gasteiger partial charge in [0.1, 0.15) is 5.76 Å². The van der Waals surface area contributed by atoms with Crippen LogP contribution in [0.1, 0.15) is 65.7 Å². The molecule has 1 aromatic carbocycles. The molecule has 3 aromatic rings. The van der Waals surface area contributed by atoms with Gasteiger partial charge in [-0.2, -0.15) is 0 Å². The lowest BCUT2D eigenvalue weighted by Crippen LogP contribution is -2.27. The maximum absolute atomic E-state index is 12.9. The highest BCUT2D eigenvalue weighted by Gasteiger charge is 2.31. The number of fused-ring (bicyclic) bond motifs is 1. The van der Waals surface area contributed by atoms with Gasteiger partial charge in [-0.1, -0.05) is 35.9 Å². The number of ether oxygens (including phenoxy) is 1. The van der Waals surface area contributed by atoms with E-state index in [9.17, 15) is 18.4 Å². The fourth-order valence-corrected chi connectivity index (χ4v) is 4.84. The zero-order chi connectivity index (χ0) is 27.2. The number of amides is 1. The standard InChI is InChI=1S/C28H33N3O6S/c1-4-36-24(32)8-6-5-7-15-31(38(34)35)17-23-21(19-13-14-19)16-22-25(27(33)29-3)26(37-28(22)30-23)20-11-9-18(2)10-12-20/h6,8-12,16,19H,4-5,7,13-15,17H2,1-3H3,(H,29,33)(H,34,35)/p-1. The van der Waals surface area contributed by atoms with Crippen molar-refractivity contribution in [3.8, 4) is 11.3 Å². The van der Waals surface area contributed by atoms with Gasteiger partial charge in [-0.3, -0.25) is 9.00 Å². The summed E-state index contributed by atoms with van der Waals surface area (Å²) in [5.41, 5.74) is 4.14. The van der Waals surface area contributed by atoms with Gasteiger partial charge in [-0.25, -0.2) is 14.1 Å². The molecule has 0 bridgehead atoms. The van der Waals surface area contributed by atoms with Crippen LogP contribution in [-0.4, -0.2) is 50.1 Å². The normalized spacial score (nSPS) is 14.3. The Morgan fingerprint density at radius 1 is 1.29 bits per heavy atom. The van der Waals surface area contributed by atoms with E-state index in [0.29, 0.717) is 47.6 Å². The van der Waals surface area contributed by atoms with Crippen molar-refractivity contribution in [3.05, 3.63) is 64.9 Å². The smallest absolute Gasteiger partial charge is 0.330 e. The molecule has 1 aliphatic rings. The summed E-state index contributed by atoms with van der Waals surface area (Å²) in [4.78, 5) is 29.1. The molecule has 1 amide bonds. The van der Waals surface area contributed by atoms with Crippen LogP contribution in [-0.2, 0) is 27.3 Å². The second kappa shape index (κ2) is 12.5. The van der Waals surface area contributed by atoms with Crippen molar-refractivity contribution in [2.45, 2.75) is 52.0 Å². The molecular weight excluding hydrogens is 506 g/mol. The Bertz CT molecular complexity index is 1360. The fourth-order valence-electron chi connectivity index (χ4n) is 4.34. The van der Waals surface area contributed by atoms with E-state index in [2.05, 4.69) is 5.32 Å². The molecule has 38 heavy (non-hydrogen) atoms. The molecule has 1 saturated carbocycles. The van der Waals surface area contributed by atoms with Gasteiger partial charge in [-0.15, -0.1) is 0 Å². The van der Waals surface area contributed by atoms with Gasteiger partial charge in [0.2, 0.25) is 5.71 Å². The first-order valence-corrected chi connectivity index (χ1v) is 13.8. The predicted octanol–water partition coefficient (Wildman–Crippen LogP) is 4.54. The van der Waals surface area contributed by atoms with Crippen LogP contribution in [0, 0.1) is 6.92 Å². The molecule has 0 saturated heterocycles. The first kappa shape index (κ1) is 27.7. The highest BCUT2D eigenvalue weighted by molar-refractivity contribution is 7.76. The number of benzene rings is 1. The van der Waals surface area contributed by atoms with E-state index in [1.165, 1.54) is 10.4 Å². The number of carbonyl (C=O) groups is 2. The molecule has 4 rings (SSSR count). The van der Waals surface area contributed by atoms with E-state index in [1.54, 1.807) is 20.0 Å². The lowest BCUT2D eigenvalue weighted by Gasteiger charge is -2.24. The summed E-state index contributed by atoms with van der Waals surface area (Å²) in [5, 5.41) is 3.32. The van der Waals surface area contributed by atoms with Crippen LogP contribution in [0.3, 0.4) is 0 Å². The molecule has 9 nitrogen and oxygen atoms in total. The van der Waals surface area contributed by atoms with Gasteiger partial charge in [0.05, 0.1) is 29.8 Å². The molecule has 1 N–H and O–H groups in total. The number of pyridine rings is 1. The Morgan fingerprint density at radius 3 is 2.66 bits per heavy atom. The molecule has 0 radical (unpaired) electrons.